The molecule has 6 heteroatoms. The second-order valence-corrected chi connectivity index (χ2v) is 4.81. The van der Waals surface area contributed by atoms with E-state index in [1.807, 2.05) is 0 Å². The maximum atomic E-state index is 12.1. The lowest BCUT2D eigenvalue weighted by Gasteiger charge is -2.07. The molecule has 5 nitrogen and oxygen atoms in total. The number of methoxy groups -OCH3 is 1. The summed E-state index contributed by atoms with van der Waals surface area (Å²) in [4.78, 5) is 23.7. The van der Waals surface area contributed by atoms with E-state index in [2.05, 4.69) is 22.6 Å². The highest BCUT2D eigenvalue weighted by Gasteiger charge is 2.17. The van der Waals surface area contributed by atoms with Crippen LogP contribution in [0.3, 0.4) is 0 Å². The Labute approximate surface area is 122 Å². The molecule has 0 aliphatic heterocycles. The molecule has 2 rings (SSSR count). The maximum absolute atomic E-state index is 12.1. The third-order valence-corrected chi connectivity index (χ3v) is 3.33. The zero-order valence-corrected chi connectivity index (χ0v) is 12.5. The molecule has 0 saturated carbocycles. The highest BCUT2D eigenvalue weighted by atomic mass is 127. The third kappa shape index (κ3) is 2.58. The minimum absolute atomic E-state index is 0.109. The number of carbonyl (C=O) groups is 1. The van der Waals surface area contributed by atoms with Gasteiger partial charge in [-0.2, -0.15) is 0 Å². The van der Waals surface area contributed by atoms with Gasteiger partial charge in [-0.25, -0.2) is 4.79 Å². The summed E-state index contributed by atoms with van der Waals surface area (Å²) in [5, 5.41) is 0.322. The van der Waals surface area contributed by atoms with Crippen molar-refractivity contribution in [2.45, 2.75) is 6.92 Å². The first-order chi connectivity index (χ1) is 9.08. The summed E-state index contributed by atoms with van der Waals surface area (Å²) in [5.74, 6) is -0.316. The lowest BCUT2D eigenvalue weighted by Crippen LogP contribution is -2.11. The second-order valence-electron chi connectivity index (χ2n) is 3.65. The summed E-state index contributed by atoms with van der Waals surface area (Å²) in [6.07, 6.45) is 0. The fourth-order valence-corrected chi connectivity index (χ4v) is 2.37. The highest BCUT2D eigenvalue weighted by Crippen LogP contribution is 2.28. The third-order valence-electron chi connectivity index (χ3n) is 2.48. The van der Waals surface area contributed by atoms with Gasteiger partial charge in [0.25, 0.3) is 0 Å². The lowest BCUT2D eigenvalue weighted by molar-refractivity contribution is 0.0490. The molecule has 0 N–H and O–H groups in total. The second kappa shape index (κ2) is 5.60. The van der Waals surface area contributed by atoms with Crippen molar-refractivity contribution in [3.05, 3.63) is 37.8 Å². The van der Waals surface area contributed by atoms with Crippen LogP contribution in [-0.2, 0) is 4.74 Å². The Bertz CT molecular complexity index is 689. The zero-order chi connectivity index (χ0) is 14.0. The van der Waals surface area contributed by atoms with E-state index in [1.54, 1.807) is 19.1 Å². The molecule has 0 aliphatic rings. The van der Waals surface area contributed by atoms with Gasteiger partial charge in [0.2, 0.25) is 5.76 Å². The molecule has 0 fully saturated rings. The van der Waals surface area contributed by atoms with Crippen LogP contribution in [0.15, 0.2) is 27.4 Å². The van der Waals surface area contributed by atoms with Crippen molar-refractivity contribution in [1.29, 1.82) is 0 Å². The van der Waals surface area contributed by atoms with E-state index in [1.165, 1.54) is 7.11 Å². The van der Waals surface area contributed by atoms with Crippen LogP contribution in [0.5, 0.6) is 5.75 Å². The molecule has 1 heterocycles. The quantitative estimate of drug-likeness (QED) is 0.611. The topological polar surface area (TPSA) is 65.7 Å². The van der Waals surface area contributed by atoms with Crippen LogP contribution < -0.4 is 10.2 Å². The fourth-order valence-electron chi connectivity index (χ4n) is 1.70. The van der Waals surface area contributed by atoms with Crippen molar-refractivity contribution in [3.63, 3.8) is 0 Å². The summed E-state index contributed by atoms with van der Waals surface area (Å²) in [7, 11) is 1.48. The van der Waals surface area contributed by atoms with Gasteiger partial charge < -0.3 is 13.9 Å². The fraction of sp³-hybridized carbons (Fsp3) is 0.231. The first-order valence-corrected chi connectivity index (χ1v) is 6.63. The number of benzene rings is 1. The molecule has 1 aromatic heterocycles. The Morgan fingerprint density at radius 1 is 1.42 bits per heavy atom. The van der Waals surface area contributed by atoms with Crippen molar-refractivity contribution in [2.75, 3.05) is 13.7 Å². The van der Waals surface area contributed by atoms with Gasteiger partial charge in [0, 0.05) is 6.07 Å². The maximum Gasteiger partial charge on any atom is 0.374 e. The lowest BCUT2D eigenvalue weighted by atomic mass is 10.2. The van der Waals surface area contributed by atoms with Crippen LogP contribution in [0.4, 0.5) is 0 Å². The van der Waals surface area contributed by atoms with Gasteiger partial charge in [-0.3, -0.25) is 4.79 Å². The molecule has 19 heavy (non-hydrogen) atoms. The van der Waals surface area contributed by atoms with Crippen molar-refractivity contribution in [2.24, 2.45) is 0 Å². The van der Waals surface area contributed by atoms with Crippen LogP contribution in [0.1, 0.15) is 17.5 Å². The van der Waals surface area contributed by atoms with Gasteiger partial charge in [-0.15, -0.1) is 0 Å². The van der Waals surface area contributed by atoms with Gasteiger partial charge in [-0.05, 0) is 41.6 Å². The number of esters is 1. The van der Waals surface area contributed by atoms with Crippen LogP contribution in [0.25, 0.3) is 11.0 Å². The Hall–Kier alpha value is -1.57. The van der Waals surface area contributed by atoms with Gasteiger partial charge in [0.05, 0.1) is 17.3 Å². The molecule has 0 aliphatic carbocycles. The van der Waals surface area contributed by atoms with E-state index < -0.39 is 5.97 Å². The first kappa shape index (κ1) is 13.9. The largest absolute Gasteiger partial charge is 0.495 e. The average Bonchev–Trinajstić information content (AvgIpc) is 2.39. The Morgan fingerprint density at radius 2 is 2.16 bits per heavy atom. The summed E-state index contributed by atoms with van der Waals surface area (Å²) < 4.78 is 16.2. The molecule has 0 saturated heterocycles. The zero-order valence-electron chi connectivity index (χ0n) is 10.4. The van der Waals surface area contributed by atoms with Crippen molar-refractivity contribution < 1.29 is 18.7 Å². The van der Waals surface area contributed by atoms with Crippen molar-refractivity contribution >= 4 is 39.5 Å². The van der Waals surface area contributed by atoms with Crippen LogP contribution in [-0.4, -0.2) is 19.7 Å². The smallest absolute Gasteiger partial charge is 0.374 e. The van der Waals surface area contributed by atoms with E-state index in [0.717, 1.165) is 9.64 Å². The first-order valence-electron chi connectivity index (χ1n) is 5.56. The average molecular weight is 374 g/mol. The molecule has 0 amide bonds. The predicted octanol–water partition coefficient (Wildman–Crippen LogP) is 2.58. The molecule has 0 unspecified atom stereocenters. The van der Waals surface area contributed by atoms with Crippen molar-refractivity contribution in [3.8, 4) is 5.75 Å². The van der Waals surface area contributed by atoms with E-state index in [-0.39, 0.29) is 17.8 Å². The molecule has 1 aromatic carbocycles. The Kier molecular flexibility index (Phi) is 4.08. The predicted molar refractivity (Wildman–Crippen MR) is 77.7 cm³/mol. The number of fused-ring (bicyclic) bond motifs is 1. The molecule has 0 atom stereocenters. The minimum Gasteiger partial charge on any atom is -0.495 e. The van der Waals surface area contributed by atoms with Crippen molar-refractivity contribution in [1.82, 2.24) is 0 Å². The number of hydrogen-bond donors (Lipinski definition) is 0. The number of rotatable bonds is 3. The van der Waals surface area contributed by atoms with Gasteiger partial charge >= 0.3 is 5.97 Å². The standard InChI is InChI=1S/C13H11IO5/c1-3-18-13(16)10-6-8(15)11-9(19-10)5-4-7(14)12(11)17-2/h4-6H,3H2,1-2H3. The van der Waals surface area contributed by atoms with Crippen LogP contribution in [0.2, 0.25) is 0 Å². The Balaban J connectivity index is 2.70. The molecular formula is C13H11IO5. The van der Waals surface area contributed by atoms with E-state index >= 15 is 0 Å². The van der Waals surface area contributed by atoms with E-state index in [0.29, 0.717) is 16.7 Å². The molecule has 0 spiro atoms. The monoisotopic (exact) mass is 374 g/mol. The molecule has 0 radical (unpaired) electrons. The molecule has 0 bridgehead atoms. The number of carbonyl (C=O) groups excluding carboxylic acids is 1. The van der Waals surface area contributed by atoms with Gasteiger partial charge in [0.15, 0.2) is 5.43 Å². The Morgan fingerprint density at radius 3 is 2.79 bits per heavy atom. The number of ether oxygens (including phenoxy) is 2. The highest BCUT2D eigenvalue weighted by molar-refractivity contribution is 14.1. The van der Waals surface area contributed by atoms with E-state index in [4.69, 9.17) is 13.9 Å². The molecule has 100 valence electrons. The van der Waals surface area contributed by atoms with E-state index in [9.17, 15) is 9.59 Å². The van der Waals surface area contributed by atoms with Crippen LogP contribution in [0, 0.1) is 3.57 Å². The summed E-state index contributed by atoms with van der Waals surface area (Å²) in [5.41, 5.74) is -0.0347. The number of hydrogen-bond acceptors (Lipinski definition) is 5. The summed E-state index contributed by atoms with van der Waals surface area (Å²) >= 11 is 2.06. The summed E-state index contributed by atoms with van der Waals surface area (Å²) in [6, 6.07) is 4.50. The minimum atomic E-state index is -0.654. The molecular weight excluding hydrogens is 363 g/mol. The summed E-state index contributed by atoms with van der Waals surface area (Å²) in [6.45, 7) is 1.90. The van der Waals surface area contributed by atoms with Gasteiger partial charge in [0.1, 0.15) is 16.7 Å². The van der Waals surface area contributed by atoms with Gasteiger partial charge in [-0.1, -0.05) is 0 Å². The van der Waals surface area contributed by atoms with Crippen LogP contribution >= 0.6 is 22.6 Å². The SMILES string of the molecule is CCOC(=O)c1cc(=O)c2c(OC)c(I)ccc2o1. The molecule has 2 aromatic rings. The number of halogens is 1. The normalized spacial score (nSPS) is 10.5.